The molecule has 1 fully saturated rings. The highest BCUT2D eigenvalue weighted by atomic mass is 32.1. The van der Waals surface area contributed by atoms with E-state index in [0.29, 0.717) is 0 Å². The van der Waals surface area contributed by atoms with E-state index in [9.17, 15) is 4.79 Å². The van der Waals surface area contributed by atoms with Gasteiger partial charge in [-0.25, -0.2) is 4.98 Å². The number of pyridine rings is 1. The fourth-order valence-electron chi connectivity index (χ4n) is 4.53. The van der Waals surface area contributed by atoms with E-state index in [-0.39, 0.29) is 5.91 Å². The van der Waals surface area contributed by atoms with Crippen molar-refractivity contribution in [1.29, 1.82) is 0 Å². The highest BCUT2D eigenvalue weighted by molar-refractivity contribution is 7.16. The summed E-state index contributed by atoms with van der Waals surface area (Å²) in [6.07, 6.45) is 1.83. The minimum Gasteiger partial charge on any atom is -0.355 e. The standard InChI is InChI=1S/C28H25N5OS/c1-32-12-14-33(15-13-32)28(34)20-4-2-19(3-5-20)21-6-8-23-24(10-11-29-25(23)16-21)31-22-7-9-27-26(17-22)30-18-35-27/h2-11,16-18H,12-15H2,1H3,(H,29,31). The van der Waals surface area contributed by atoms with Crippen LogP contribution in [0.15, 0.2) is 78.4 Å². The molecule has 0 bridgehead atoms. The smallest absolute Gasteiger partial charge is 0.253 e. The molecule has 0 aliphatic carbocycles. The summed E-state index contributed by atoms with van der Waals surface area (Å²) >= 11 is 1.64. The van der Waals surface area contributed by atoms with Crippen LogP contribution in [-0.2, 0) is 0 Å². The largest absolute Gasteiger partial charge is 0.355 e. The van der Waals surface area contributed by atoms with Crippen molar-refractivity contribution in [2.24, 2.45) is 0 Å². The first-order valence-electron chi connectivity index (χ1n) is 11.7. The first kappa shape index (κ1) is 21.7. The molecular weight excluding hydrogens is 454 g/mol. The van der Waals surface area contributed by atoms with Crippen molar-refractivity contribution in [2.75, 3.05) is 38.5 Å². The molecule has 0 atom stereocenters. The predicted molar refractivity (Wildman–Crippen MR) is 143 cm³/mol. The Balaban J connectivity index is 1.24. The fourth-order valence-corrected chi connectivity index (χ4v) is 5.18. The normalized spacial score (nSPS) is 14.5. The van der Waals surface area contributed by atoms with Gasteiger partial charge in [-0.2, -0.15) is 0 Å². The van der Waals surface area contributed by atoms with Gasteiger partial charge in [0.1, 0.15) is 0 Å². The highest BCUT2D eigenvalue weighted by Gasteiger charge is 2.20. The molecule has 1 aliphatic heterocycles. The van der Waals surface area contributed by atoms with E-state index in [1.165, 1.54) is 4.70 Å². The Morgan fingerprint density at radius 2 is 1.66 bits per heavy atom. The van der Waals surface area contributed by atoms with Crippen molar-refractivity contribution in [3.63, 3.8) is 0 Å². The number of anilines is 2. The minimum absolute atomic E-state index is 0.108. The number of hydrogen-bond donors (Lipinski definition) is 1. The average Bonchev–Trinajstić information content (AvgIpc) is 3.37. The quantitative estimate of drug-likeness (QED) is 0.361. The van der Waals surface area contributed by atoms with Crippen LogP contribution in [0.25, 0.3) is 32.2 Å². The van der Waals surface area contributed by atoms with E-state index in [2.05, 4.69) is 63.6 Å². The van der Waals surface area contributed by atoms with E-state index in [1.807, 2.05) is 46.9 Å². The summed E-state index contributed by atoms with van der Waals surface area (Å²) in [5.41, 5.74) is 8.66. The van der Waals surface area contributed by atoms with Crippen molar-refractivity contribution in [3.8, 4) is 11.1 Å². The molecular formula is C28H25N5OS. The molecule has 0 spiro atoms. The van der Waals surface area contributed by atoms with Crippen LogP contribution in [0.2, 0.25) is 0 Å². The summed E-state index contributed by atoms with van der Waals surface area (Å²) in [6, 6.07) is 22.4. The summed E-state index contributed by atoms with van der Waals surface area (Å²) in [6.45, 7) is 3.40. The van der Waals surface area contributed by atoms with Gasteiger partial charge < -0.3 is 15.1 Å². The topological polar surface area (TPSA) is 61.4 Å². The zero-order valence-corrected chi connectivity index (χ0v) is 20.3. The number of carbonyl (C=O) groups is 1. The second-order valence-electron chi connectivity index (χ2n) is 8.92. The third-order valence-electron chi connectivity index (χ3n) is 6.61. The van der Waals surface area contributed by atoms with Crippen molar-refractivity contribution < 1.29 is 4.79 Å². The summed E-state index contributed by atoms with van der Waals surface area (Å²) in [5, 5.41) is 4.57. The van der Waals surface area contributed by atoms with Gasteiger partial charge in [0.25, 0.3) is 5.91 Å². The lowest BCUT2D eigenvalue weighted by Crippen LogP contribution is -2.47. The van der Waals surface area contributed by atoms with Gasteiger partial charge in [0.2, 0.25) is 0 Å². The number of thiazole rings is 1. The van der Waals surface area contributed by atoms with Gasteiger partial charge in [0.15, 0.2) is 0 Å². The Hall–Kier alpha value is -3.81. The zero-order valence-electron chi connectivity index (χ0n) is 19.4. The van der Waals surface area contributed by atoms with Crippen LogP contribution < -0.4 is 5.32 Å². The SMILES string of the molecule is CN1CCN(C(=O)c2ccc(-c3ccc4c(Nc5ccc6scnc6c5)ccnc4c3)cc2)CC1. The number of carbonyl (C=O) groups excluding carboxylic acids is 1. The number of hydrogen-bond acceptors (Lipinski definition) is 6. The Kier molecular flexibility index (Phi) is 5.64. The summed E-state index contributed by atoms with van der Waals surface area (Å²) < 4.78 is 1.18. The maximum absolute atomic E-state index is 12.9. The monoisotopic (exact) mass is 479 g/mol. The average molecular weight is 480 g/mol. The summed E-state index contributed by atoms with van der Waals surface area (Å²) in [7, 11) is 2.09. The molecule has 0 unspecified atom stereocenters. The molecule has 3 aromatic carbocycles. The van der Waals surface area contributed by atoms with E-state index >= 15 is 0 Å². The molecule has 174 valence electrons. The van der Waals surface area contributed by atoms with E-state index < -0.39 is 0 Å². The van der Waals surface area contributed by atoms with Crippen LogP contribution in [0.5, 0.6) is 0 Å². The number of fused-ring (bicyclic) bond motifs is 2. The van der Waals surface area contributed by atoms with Crippen LogP contribution in [0.4, 0.5) is 11.4 Å². The number of aromatic nitrogens is 2. The Morgan fingerprint density at radius 1 is 0.857 bits per heavy atom. The van der Waals surface area contributed by atoms with Gasteiger partial charge >= 0.3 is 0 Å². The number of benzene rings is 3. The molecule has 1 N–H and O–H groups in total. The number of rotatable bonds is 4. The zero-order chi connectivity index (χ0) is 23.8. The van der Waals surface area contributed by atoms with Crippen molar-refractivity contribution in [1.82, 2.24) is 19.8 Å². The third-order valence-corrected chi connectivity index (χ3v) is 7.42. The predicted octanol–water partition coefficient (Wildman–Crippen LogP) is 5.64. The van der Waals surface area contributed by atoms with Gasteiger partial charge in [0, 0.05) is 54.7 Å². The molecule has 2 aromatic heterocycles. The molecule has 1 amide bonds. The molecule has 0 radical (unpaired) electrons. The molecule has 5 aromatic rings. The number of likely N-dealkylation sites (N-methyl/N-ethyl adjacent to an activating group) is 1. The van der Waals surface area contributed by atoms with Crippen molar-refractivity contribution in [2.45, 2.75) is 0 Å². The number of nitrogens with zero attached hydrogens (tertiary/aromatic N) is 4. The number of amides is 1. The first-order valence-corrected chi connectivity index (χ1v) is 12.6. The molecule has 0 saturated carbocycles. The molecule has 7 heteroatoms. The fraction of sp³-hybridized carbons (Fsp3) is 0.179. The maximum atomic E-state index is 12.9. The molecule has 1 aliphatic rings. The minimum atomic E-state index is 0.108. The second-order valence-corrected chi connectivity index (χ2v) is 9.81. The maximum Gasteiger partial charge on any atom is 0.253 e. The Bertz CT molecular complexity index is 1520. The summed E-state index contributed by atoms with van der Waals surface area (Å²) in [5.74, 6) is 0.108. The number of nitrogens with one attached hydrogen (secondary N) is 1. The molecule has 6 nitrogen and oxygen atoms in total. The van der Waals surface area contributed by atoms with Crippen molar-refractivity contribution >= 4 is 49.7 Å². The second kappa shape index (κ2) is 9.09. The van der Waals surface area contributed by atoms with Crippen LogP contribution >= 0.6 is 11.3 Å². The number of piperazine rings is 1. The Labute approximate surface area is 207 Å². The van der Waals surface area contributed by atoms with Crippen LogP contribution in [0.1, 0.15) is 10.4 Å². The highest BCUT2D eigenvalue weighted by Crippen LogP contribution is 2.31. The lowest BCUT2D eigenvalue weighted by molar-refractivity contribution is 0.0664. The van der Waals surface area contributed by atoms with Crippen LogP contribution in [-0.4, -0.2) is 58.9 Å². The van der Waals surface area contributed by atoms with Crippen LogP contribution in [0.3, 0.4) is 0 Å². The first-order chi connectivity index (χ1) is 17.1. The molecule has 1 saturated heterocycles. The van der Waals surface area contributed by atoms with Gasteiger partial charge in [-0.05, 0) is 60.6 Å². The van der Waals surface area contributed by atoms with E-state index in [0.717, 1.165) is 70.7 Å². The van der Waals surface area contributed by atoms with Crippen LogP contribution in [0, 0.1) is 0 Å². The molecule has 35 heavy (non-hydrogen) atoms. The van der Waals surface area contributed by atoms with E-state index in [4.69, 9.17) is 0 Å². The lowest BCUT2D eigenvalue weighted by Gasteiger charge is -2.32. The van der Waals surface area contributed by atoms with Gasteiger partial charge in [-0.15, -0.1) is 11.3 Å². The van der Waals surface area contributed by atoms with Crippen molar-refractivity contribution in [3.05, 3.63) is 84.0 Å². The summed E-state index contributed by atoms with van der Waals surface area (Å²) in [4.78, 5) is 26.1. The lowest BCUT2D eigenvalue weighted by atomic mass is 10.0. The molecule has 3 heterocycles. The van der Waals surface area contributed by atoms with Gasteiger partial charge in [0.05, 0.1) is 21.2 Å². The molecule has 6 rings (SSSR count). The third kappa shape index (κ3) is 4.36. The van der Waals surface area contributed by atoms with E-state index in [1.54, 1.807) is 11.3 Å². The van der Waals surface area contributed by atoms with Gasteiger partial charge in [-0.3, -0.25) is 9.78 Å². The Morgan fingerprint density at radius 3 is 2.49 bits per heavy atom. The van der Waals surface area contributed by atoms with Gasteiger partial charge in [-0.1, -0.05) is 24.3 Å².